The zero-order valence-electron chi connectivity index (χ0n) is 10.4. The molecule has 2 rings (SSSR count). The van der Waals surface area contributed by atoms with Crippen LogP contribution in [0.1, 0.15) is 5.69 Å². The van der Waals surface area contributed by atoms with Gasteiger partial charge in [-0.25, -0.2) is 13.1 Å². The first-order chi connectivity index (χ1) is 9.03. The quantitative estimate of drug-likeness (QED) is 0.715. The third kappa shape index (κ3) is 3.19. The van der Waals surface area contributed by atoms with Gasteiger partial charge in [-0.05, 0) is 6.07 Å². The number of hydrogen-bond acceptors (Lipinski definition) is 5. The van der Waals surface area contributed by atoms with Gasteiger partial charge in [0, 0.05) is 19.4 Å². The first-order valence-corrected chi connectivity index (χ1v) is 7.11. The second-order valence-corrected chi connectivity index (χ2v) is 5.70. The van der Waals surface area contributed by atoms with Gasteiger partial charge in [0.2, 0.25) is 10.0 Å². The Hall–Kier alpha value is -1.71. The lowest BCUT2D eigenvalue weighted by atomic mass is 10.4. The molecule has 0 bridgehead atoms. The van der Waals surface area contributed by atoms with Gasteiger partial charge in [0.05, 0.1) is 31.6 Å². The van der Waals surface area contributed by atoms with Crippen LogP contribution in [0.3, 0.4) is 0 Å². The van der Waals surface area contributed by atoms with E-state index in [1.807, 2.05) is 0 Å². The molecule has 0 saturated carbocycles. The second-order valence-electron chi connectivity index (χ2n) is 3.93. The van der Waals surface area contributed by atoms with E-state index in [-0.39, 0.29) is 24.6 Å². The van der Waals surface area contributed by atoms with Crippen molar-refractivity contribution in [1.82, 2.24) is 24.3 Å². The molecule has 0 amide bonds. The fraction of sp³-hybridized carbons (Fsp3) is 0.400. The molecular formula is C10H15N5O3S. The van der Waals surface area contributed by atoms with Crippen LogP contribution in [0.15, 0.2) is 29.6 Å². The van der Waals surface area contributed by atoms with Gasteiger partial charge in [0.15, 0.2) is 0 Å². The number of aliphatic hydroxyl groups is 1. The van der Waals surface area contributed by atoms with Crippen LogP contribution < -0.4 is 4.72 Å². The number of hydrogen-bond donors (Lipinski definition) is 2. The van der Waals surface area contributed by atoms with Gasteiger partial charge in [0.25, 0.3) is 0 Å². The van der Waals surface area contributed by atoms with Gasteiger partial charge in [0.1, 0.15) is 4.90 Å². The van der Waals surface area contributed by atoms with Crippen molar-refractivity contribution in [3.05, 3.63) is 30.4 Å². The lowest BCUT2D eigenvalue weighted by Gasteiger charge is -2.04. The number of aromatic nitrogens is 4. The molecule has 19 heavy (non-hydrogen) atoms. The summed E-state index contributed by atoms with van der Waals surface area (Å²) in [6, 6.07) is 1.73. The fourth-order valence-corrected chi connectivity index (χ4v) is 2.49. The van der Waals surface area contributed by atoms with Crippen molar-refractivity contribution in [2.24, 2.45) is 7.05 Å². The maximum atomic E-state index is 12.0. The van der Waals surface area contributed by atoms with Gasteiger partial charge >= 0.3 is 0 Å². The zero-order valence-corrected chi connectivity index (χ0v) is 11.2. The van der Waals surface area contributed by atoms with Gasteiger partial charge < -0.3 is 5.11 Å². The molecule has 0 radical (unpaired) electrons. The second kappa shape index (κ2) is 5.51. The lowest BCUT2D eigenvalue weighted by Crippen LogP contribution is -2.24. The summed E-state index contributed by atoms with van der Waals surface area (Å²) in [6.07, 6.45) is 4.23. The molecule has 0 unspecified atom stereocenters. The van der Waals surface area contributed by atoms with Crippen LogP contribution >= 0.6 is 0 Å². The molecule has 0 saturated heterocycles. The van der Waals surface area contributed by atoms with Crippen molar-refractivity contribution in [3.8, 4) is 0 Å². The Bertz CT molecular complexity index is 646. The summed E-state index contributed by atoms with van der Waals surface area (Å²) in [5.74, 6) is 0. The number of nitrogens with zero attached hydrogens (tertiary/aromatic N) is 4. The summed E-state index contributed by atoms with van der Waals surface area (Å²) >= 11 is 0. The summed E-state index contributed by atoms with van der Waals surface area (Å²) < 4.78 is 29.4. The predicted octanol–water partition coefficient (Wildman–Crippen LogP) is -0.913. The summed E-state index contributed by atoms with van der Waals surface area (Å²) in [5.41, 5.74) is 0.756. The molecule has 2 aromatic heterocycles. The molecule has 0 aliphatic heterocycles. The SMILES string of the molecule is Cn1nccc1CNS(=O)(=O)c1cnn(CCO)c1. The molecule has 2 heterocycles. The van der Waals surface area contributed by atoms with E-state index in [4.69, 9.17) is 5.11 Å². The van der Waals surface area contributed by atoms with Crippen molar-refractivity contribution < 1.29 is 13.5 Å². The fourth-order valence-electron chi connectivity index (χ4n) is 1.54. The van der Waals surface area contributed by atoms with Crippen molar-refractivity contribution in [2.75, 3.05) is 6.61 Å². The Kier molecular flexibility index (Phi) is 3.98. The molecule has 2 aromatic rings. The van der Waals surface area contributed by atoms with Gasteiger partial charge in [-0.1, -0.05) is 0 Å². The number of aryl methyl sites for hydroxylation is 1. The van der Waals surface area contributed by atoms with Crippen molar-refractivity contribution in [2.45, 2.75) is 18.0 Å². The first kappa shape index (κ1) is 13.7. The van der Waals surface area contributed by atoms with E-state index in [0.717, 1.165) is 5.69 Å². The van der Waals surface area contributed by atoms with Crippen LogP contribution in [0.4, 0.5) is 0 Å². The third-order valence-corrected chi connectivity index (χ3v) is 3.97. The van der Waals surface area contributed by atoms with Crippen LogP contribution in [0.5, 0.6) is 0 Å². The topological polar surface area (TPSA) is 102 Å². The minimum atomic E-state index is -3.61. The molecule has 0 aliphatic rings. The maximum Gasteiger partial charge on any atom is 0.244 e. The van der Waals surface area contributed by atoms with E-state index in [1.54, 1.807) is 24.0 Å². The van der Waals surface area contributed by atoms with Crippen molar-refractivity contribution >= 4 is 10.0 Å². The summed E-state index contributed by atoms with van der Waals surface area (Å²) in [7, 11) is -1.87. The lowest BCUT2D eigenvalue weighted by molar-refractivity contribution is 0.269. The largest absolute Gasteiger partial charge is 0.394 e. The number of nitrogens with one attached hydrogen (secondary N) is 1. The molecule has 8 nitrogen and oxygen atoms in total. The first-order valence-electron chi connectivity index (χ1n) is 5.63. The Morgan fingerprint density at radius 2 is 2.21 bits per heavy atom. The molecule has 2 N–H and O–H groups in total. The maximum absolute atomic E-state index is 12.0. The predicted molar refractivity (Wildman–Crippen MR) is 66.5 cm³/mol. The standard InChI is InChI=1S/C10H15N5O3S/c1-14-9(2-3-11-14)6-13-19(17,18)10-7-12-15(8-10)4-5-16/h2-3,7-8,13,16H,4-6H2,1H3. The van der Waals surface area contributed by atoms with Crippen LogP contribution in [-0.2, 0) is 30.2 Å². The highest BCUT2D eigenvalue weighted by Crippen LogP contribution is 2.08. The van der Waals surface area contributed by atoms with Crippen molar-refractivity contribution in [3.63, 3.8) is 0 Å². The Labute approximate surface area is 110 Å². The normalized spacial score (nSPS) is 11.9. The van der Waals surface area contributed by atoms with E-state index in [9.17, 15) is 8.42 Å². The van der Waals surface area contributed by atoms with E-state index in [1.165, 1.54) is 17.1 Å². The van der Waals surface area contributed by atoms with E-state index in [0.29, 0.717) is 0 Å². The number of rotatable bonds is 6. The smallest absolute Gasteiger partial charge is 0.244 e. The Morgan fingerprint density at radius 3 is 2.84 bits per heavy atom. The van der Waals surface area contributed by atoms with E-state index >= 15 is 0 Å². The van der Waals surface area contributed by atoms with Gasteiger partial charge in [-0.15, -0.1) is 0 Å². The third-order valence-electron chi connectivity index (χ3n) is 2.61. The van der Waals surface area contributed by atoms with Gasteiger partial charge in [-0.3, -0.25) is 9.36 Å². The van der Waals surface area contributed by atoms with Crippen LogP contribution in [0, 0.1) is 0 Å². The average molecular weight is 285 g/mol. The molecule has 0 spiro atoms. The highest BCUT2D eigenvalue weighted by Gasteiger charge is 2.16. The monoisotopic (exact) mass is 285 g/mol. The highest BCUT2D eigenvalue weighted by molar-refractivity contribution is 7.89. The van der Waals surface area contributed by atoms with Crippen molar-refractivity contribution in [1.29, 1.82) is 0 Å². The molecular weight excluding hydrogens is 270 g/mol. The summed E-state index contributed by atoms with van der Waals surface area (Å²) in [5, 5.41) is 16.6. The summed E-state index contributed by atoms with van der Waals surface area (Å²) in [6.45, 7) is 0.324. The summed E-state index contributed by atoms with van der Waals surface area (Å²) in [4.78, 5) is 0.0723. The Balaban J connectivity index is 2.07. The number of aliphatic hydroxyl groups excluding tert-OH is 1. The van der Waals surface area contributed by atoms with Crippen LogP contribution in [0.2, 0.25) is 0 Å². The van der Waals surface area contributed by atoms with E-state index < -0.39 is 10.0 Å². The molecule has 104 valence electrons. The molecule has 0 aromatic carbocycles. The highest BCUT2D eigenvalue weighted by atomic mass is 32.2. The molecule has 9 heteroatoms. The zero-order chi connectivity index (χ0) is 13.9. The van der Waals surface area contributed by atoms with Crippen LogP contribution in [0.25, 0.3) is 0 Å². The van der Waals surface area contributed by atoms with Gasteiger partial charge in [-0.2, -0.15) is 10.2 Å². The molecule has 0 aliphatic carbocycles. The number of sulfonamides is 1. The molecule has 0 atom stereocenters. The van der Waals surface area contributed by atoms with Crippen LogP contribution in [-0.4, -0.2) is 39.7 Å². The minimum Gasteiger partial charge on any atom is -0.394 e. The average Bonchev–Trinajstić information content (AvgIpc) is 2.97. The Morgan fingerprint density at radius 1 is 1.42 bits per heavy atom. The molecule has 0 fully saturated rings. The van der Waals surface area contributed by atoms with E-state index in [2.05, 4.69) is 14.9 Å². The minimum absolute atomic E-state index is 0.0723.